The van der Waals surface area contributed by atoms with E-state index in [0.29, 0.717) is 37.7 Å². The summed E-state index contributed by atoms with van der Waals surface area (Å²) in [6, 6.07) is 7.00. The maximum atomic E-state index is 12.3. The Morgan fingerprint density at radius 3 is 1.10 bits per heavy atom. The van der Waals surface area contributed by atoms with Crippen LogP contribution in [-0.2, 0) is 9.47 Å². The zero-order valence-corrected chi connectivity index (χ0v) is 33.1. The van der Waals surface area contributed by atoms with E-state index in [1.54, 1.807) is 24.3 Å². The predicted octanol–water partition coefficient (Wildman–Crippen LogP) is 12.0. The molecule has 0 atom stereocenters. The van der Waals surface area contributed by atoms with Gasteiger partial charge in [0.25, 0.3) is 0 Å². The number of hydrogen-bond donors (Lipinski definition) is 2. The molecule has 50 heavy (non-hydrogen) atoms. The van der Waals surface area contributed by atoms with E-state index >= 15 is 0 Å². The lowest BCUT2D eigenvalue weighted by Crippen LogP contribution is -2.27. The third-order valence-corrected chi connectivity index (χ3v) is 9.55. The van der Waals surface area contributed by atoms with Gasteiger partial charge < -0.3 is 19.3 Å². The Morgan fingerprint density at radius 2 is 0.780 bits per heavy atom. The van der Waals surface area contributed by atoms with Crippen LogP contribution in [0.3, 0.4) is 0 Å². The van der Waals surface area contributed by atoms with Gasteiger partial charge in [0.05, 0.1) is 0 Å². The maximum absolute atomic E-state index is 12.3. The first kappa shape index (κ1) is 45.7. The Morgan fingerprint density at radius 1 is 0.480 bits per heavy atom. The van der Waals surface area contributed by atoms with Crippen molar-refractivity contribution >= 4 is 23.6 Å². The number of anilines is 2. The largest absolute Gasteiger partial charge is 0.448 e. The fourth-order valence-corrected chi connectivity index (χ4v) is 6.24. The Kier molecular flexibility index (Phi) is 30.9. The van der Waals surface area contributed by atoms with Gasteiger partial charge in [0.15, 0.2) is 0 Å². The van der Waals surface area contributed by atoms with Crippen LogP contribution in [0.4, 0.5) is 21.0 Å². The predicted molar refractivity (Wildman–Crippen MR) is 214 cm³/mol. The van der Waals surface area contributed by atoms with E-state index in [4.69, 9.17) is 9.47 Å². The summed E-state index contributed by atoms with van der Waals surface area (Å²) in [4.78, 5) is 29.1. The van der Waals surface area contributed by atoms with Gasteiger partial charge in [-0.15, -0.1) is 0 Å². The zero-order valence-electron chi connectivity index (χ0n) is 33.1. The molecule has 0 bridgehead atoms. The number of nitrogens with zero attached hydrogens (tertiary/aromatic N) is 2. The standard InChI is InChI=1S/C42H78N4O4/c1-5-7-9-11-13-15-17-19-21-23-25-27-32-45(3)34-36-49-41(47)43-39-30-29-31-40(38-39)44-42(48)50-37-35-46(4)33-28-26-24-22-20-18-16-14-12-10-8-6-2/h29-31,38H,5-28,32-37H2,1-4H3,(H,43,47)(H,44,48). The fraction of sp³-hybridized carbons (Fsp3) is 0.810. The van der Waals surface area contributed by atoms with Gasteiger partial charge in [-0.25, -0.2) is 9.59 Å². The van der Waals surface area contributed by atoms with Crippen LogP contribution in [0, 0.1) is 0 Å². The molecule has 8 nitrogen and oxygen atoms in total. The monoisotopic (exact) mass is 703 g/mol. The highest BCUT2D eigenvalue weighted by Gasteiger charge is 2.08. The van der Waals surface area contributed by atoms with Crippen molar-refractivity contribution < 1.29 is 19.1 Å². The highest BCUT2D eigenvalue weighted by atomic mass is 16.6. The summed E-state index contributed by atoms with van der Waals surface area (Å²) in [5.74, 6) is 0. The molecule has 0 heterocycles. The third-order valence-electron chi connectivity index (χ3n) is 9.55. The molecule has 0 fully saturated rings. The topological polar surface area (TPSA) is 83.1 Å². The smallest absolute Gasteiger partial charge is 0.411 e. The molecule has 1 rings (SSSR count). The lowest BCUT2D eigenvalue weighted by atomic mass is 10.1. The van der Waals surface area contributed by atoms with Crippen molar-refractivity contribution in [1.29, 1.82) is 0 Å². The van der Waals surface area contributed by atoms with Gasteiger partial charge in [0, 0.05) is 24.5 Å². The van der Waals surface area contributed by atoms with Crippen molar-refractivity contribution in [3.05, 3.63) is 24.3 Å². The van der Waals surface area contributed by atoms with Crippen molar-refractivity contribution in [2.45, 2.75) is 168 Å². The Hall–Kier alpha value is -2.32. The van der Waals surface area contributed by atoms with Crippen LogP contribution >= 0.6 is 0 Å². The number of hydrogen-bond acceptors (Lipinski definition) is 6. The molecule has 290 valence electrons. The summed E-state index contributed by atoms with van der Waals surface area (Å²) in [6.07, 6.45) is 31.4. The van der Waals surface area contributed by atoms with Gasteiger partial charge in [-0.05, 0) is 58.2 Å². The fourth-order valence-electron chi connectivity index (χ4n) is 6.24. The van der Waals surface area contributed by atoms with E-state index in [1.165, 1.54) is 154 Å². The first-order chi connectivity index (χ1) is 24.4. The van der Waals surface area contributed by atoms with Crippen LogP contribution in [0.25, 0.3) is 0 Å². The molecular formula is C42H78N4O4. The Balaban J connectivity index is 2.04. The average Bonchev–Trinajstić information content (AvgIpc) is 3.09. The molecule has 0 aliphatic carbocycles. The molecular weight excluding hydrogens is 624 g/mol. The minimum absolute atomic E-state index is 0.332. The Labute approximate surface area is 308 Å². The second kappa shape index (κ2) is 33.8. The molecule has 0 unspecified atom stereocenters. The molecule has 0 aliphatic rings. The van der Waals surface area contributed by atoms with Crippen LogP contribution < -0.4 is 10.6 Å². The SMILES string of the molecule is CCCCCCCCCCCCCCN(C)CCOC(=O)Nc1cccc(NC(=O)OCCN(C)CCCCCCCCCCCCCC)c1. The van der Waals surface area contributed by atoms with Gasteiger partial charge in [-0.3, -0.25) is 10.6 Å². The first-order valence-electron chi connectivity index (χ1n) is 20.8. The molecule has 0 spiro atoms. The number of carbonyl (C=O) groups excluding carboxylic acids is 2. The van der Waals surface area contributed by atoms with Gasteiger partial charge in [0.1, 0.15) is 13.2 Å². The van der Waals surface area contributed by atoms with Crippen molar-refractivity contribution in [3.8, 4) is 0 Å². The number of rotatable bonds is 34. The zero-order chi connectivity index (χ0) is 36.3. The lowest BCUT2D eigenvalue weighted by molar-refractivity contribution is 0.145. The van der Waals surface area contributed by atoms with Crippen molar-refractivity contribution in [3.63, 3.8) is 0 Å². The number of benzene rings is 1. The summed E-state index contributed by atoms with van der Waals surface area (Å²) in [5, 5.41) is 5.50. The third kappa shape index (κ3) is 29.4. The summed E-state index contributed by atoms with van der Waals surface area (Å²) in [5.41, 5.74) is 1.11. The summed E-state index contributed by atoms with van der Waals surface area (Å²) >= 11 is 0. The number of likely N-dealkylation sites (N-methyl/N-ethyl adjacent to an activating group) is 2. The molecule has 1 aromatic carbocycles. The van der Waals surface area contributed by atoms with E-state index in [9.17, 15) is 9.59 Å². The second-order valence-electron chi connectivity index (χ2n) is 14.5. The lowest BCUT2D eigenvalue weighted by Gasteiger charge is -2.17. The Bertz CT molecular complexity index is 862. The molecule has 8 heteroatoms. The number of unbranched alkanes of at least 4 members (excludes halogenated alkanes) is 22. The van der Waals surface area contributed by atoms with E-state index in [1.807, 2.05) is 0 Å². The highest BCUT2D eigenvalue weighted by Crippen LogP contribution is 2.16. The van der Waals surface area contributed by atoms with Crippen LogP contribution in [-0.4, -0.2) is 75.5 Å². The molecule has 2 N–H and O–H groups in total. The van der Waals surface area contributed by atoms with Crippen LogP contribution in [0.15, 0.2) is 24.3 Å². The summed E-state index contributed by atoms with van der Waals surface area (Å²) in [7, 11) is 4.15. The second-order valence-corrected chi connectivity index (χ2v) is 14.5. The van der Waals surface area contributed by atoms with Crippen molar-refractivity contribution in [1.82, 2.24) is 9.80 Å². The molecule has 1 aromatic rings. The van der Waals surface area contributed by atoms with E-state index in [-0.39, 0.29) is 0 Å². The van der Waals surface area contributed by atoms with Gasteiger partial charge >= 0.3 is 12.2 Å². The quantitative estimate of drug-likeness (QED) is 0.0696. The number of ether oxygens (including phenoxy) is 2. The van der Waals surface area contributed by atoms with E-state index in [0.717, 1.165) is 13.1 Å². The summed E-state index contributed by atoms with van der Waals surface area (Å²) < 4.78 is 10.8. The first-order valence-corrected chi connectivity index (χ1v) is 20.8. The highest BCUT2D eigenvalue weighted by molar-refractivity contribution is 5.88. The minimum atomic E-state index is -0.500. The van der Waals surface area contributed by atoms with Crippen LogP contribution in [0.1, 0.15) is 168 Å². The van der Waals surface area contributed by atoms with E-state index < -0.39 is 12.2 Å². The normalized spacial score (nSPS) is 11.3. The molecule has 0 saturated heterocycles. The minimum Gasteiger partial charge on any atom is -0.448 e. The van der Waals surface area contributed by atoms with Crippen molar-refractivity contribution in [2.24, 2.45) is 0 Å². The van der Waals surface area contributed by atoms with Crippen LogP contribution in [0.5, 0.6) is 0 Å². The van der Waals surface area contributed by atoms with Gasteiger partial charge in [0.2, 0.25) is 0 Å². The molecule has 2 amide bonds. The molecule has 0 aliphatic heterocycles. The average molecular weight is 703 g/mol. The van der Waals surface area contributed by atoms with Crippen molar-refractivity contribution in [2.75, 3.05) is 64.1 Å². The van der Waals surface area contributed by atoms with E-state index in [2.05, 4.69) is 48.4 Å². The van der Waals surface area contributed by atoms with Gasteiger partial charge in [-0.1, -0.05) is 161 Å². The molecule has 0 radical (unpaired) electrons. The summed E-state index contributed by atoms with van der Waals surface area (Å²) in [6.45, 7) is 8.64. The maximum Gasteiger partial charge on any atom is 0.411 e. The number of carbonyl (C=O) groups is 2. The number of nitrogens with one attached hydrogen (secondary N) is 2. The van der Waals surface area contributed by atoms with Gasteiger partial charge in [-0.2, -0.15) is 0 Å². The van der Waals surface area contributed by atoms with Crippen LogP contribution in [0.2, 0.25) is 0 Å². The molecule has 0 saturated carbocycles. The molecule has 0 aromatic heterocycles. The number of amides is 2.